The van der Waals surface area contributed by atoms with Crippen LogP contribution in [-0.4, -0.2) is 41.1 Å². The van der Waals surface area contributed by atoms with Crippen LogP contribution in [0.15, 0.2) is 28.8 Å². The summed E-state index contributed by atoms with van der Waals surface area (Å²) in [4.78, 5) is 26.1. The fourth-order valence-corrected chi connectivity index (χ4v) is 4.27. The molecule has 2 saturated carbocycles. The van der Waals surface area contributed by atoms with Crippen molar-refractivity contribution in [3.63, 3.8) is 0 Å². The van der Waals surface area contributed by atoms with Crippen molar-refractivity contribution in [2.45, 2.75) is 58.1 Å². The highest BCUT2D eigenvalue weighted by Gasteiger charge is 2.69. The predicted molar refractivity (Wildman–Crippen MR) is 113 cm³/mol. The highest BCUT2D eigenvalue weighted by atomic mass is 19.3. The van der Waals surface area contributed by atoms with Crippen LogP contribution in [0, 0.1) is 18.8 Å². The van der Waals surface area contributed by atoms with E-state index in [9.17, 15) is 18.4 Å². The van der Waals surface area contributed by atoms with E-state index in [0.29, 0.717) is 28.3 Å². The summed E-state index contributed by atoms with van der Waals surface area (Å²) in [6, 6.07) is 6.83. The molecule has 0 spiro atoms. The van der Waals surface area contributed by atoms with Gasteiger partial charge in [-0.15, -0.1) is 0 Å². The third kappa shape index (κ3) is 4.20. The molecule has 32 heavy (non-hydrogen) atoms. The topological polar surface area (TPSA) is 84.7 Å². The van der Waals surface area contributed by atoms with Crippen LogP contribution in [-0.2, 0) is 16.1 Å². The molecule has 4 rings (SSSR count). The number of hydrogen-bond acceptors (Lipinski definition) is 5. The molecule has 0 aliphatic heterocycles. The number of benzene rings is 1. The second-order valence-electron chi connectivity index (χ2n) is 8.69. The largest absolute Gasteiger partial charge is 0.444 e. The number of halogens is 2. The SMILES string of the molecule is Cc1noc(-c2ccc(NC(=O)C3C(C)C3(F)F)cc2)c1COC(=O)N(C)C1CCCC1. The molecule has 0 radical (unpaired) electrons. The van der Waals surface area contributed by atoms with Crippen LogP contribution in [0.1, 0.15) is 43.9 Å². The van der Waals surface area contributed by atoms with E-state index in [0.717, 1.165) is 25.7 Å². The lowest BCUT2D eigenvalue weighted by molar-refractivity contribution is -0.119. The van der Waals surface area contributed by atoms with E-state index in [1.807, 2.05) is 0 Å². The minimum atomic E-state index is -2.94. The second-order valence-corrected chi connectivity index (χ2v) is 8.69. The highest BCUT2D eigenvalue weighted by Crippen LogP contribution is 2.55. The average Bonchev–Trinajstić information content (AvgIpc) is 3.20. The first-order valence-electron chi connectivity index (χ1n) is 10.8. The van der Waals surface area contributed by atoms with Crippen molar-refractivity contribution < 1.29 is 27.6 Å². The Balaban J connectivity index is 1.40. The van der Waals surface area contributed by atoms with Gasteiger partial charge in [0.1, 0.15) is 12.5 Å². The zero-order chi connectivity index (χ0) is 23.0. The smallest absolute Gasteiger partial charge is 0.410 e. The van der Waals surface area contributed by atoms with Gasteiger partial charge in [-0.3, -0.25) is 4.79 Å². The summed E-state index contributed by atoms with van der Waals surface area (Å²) in [5.41, 5.74) is 2.35. The van der Waals surface area contributed by atoms with Gasteiger partial charge in [0.15, 0.2) is 5.76 Å². The number of nitrogens with one attached hydrogen (secondary N) is 1. The van der Waals surface area contributed by atoms with Crippen LogP contribution >= 0.6 is 0 Å². The van der Waals surface area contributed by atoms with Crippen LogP contribution in [0.5, 0.6) is 0 Å². The third-order valence-electron chi connectivity index (χ3n) is 6.59. The Labute approximate surface area is 185 Å². The van der Waals surface area contributed by atoms with Gasteiger partial charge >= 0.3 is 6.09 Å². The highest BCUT2D eigenvalue weighted by molar-refractivity contribution is 5.95. The average molecular weight is 447 g/mol. The Morgan fingerprint density at radius 3 is 2.47 bits per heavy atom. The molecule has 2 aliphatic carbocycles. The molecular formula is C23H27F2N3O4. The molecule has 0 bridgehead atoms. The van der Waals surface area contributed by atoms with E-state index in [1.165, 1.54) is 6.92 Å². The molecule has 1 aromatic carbocycles. The lowest BCUT2D eigenvalue weighted by Gasteiger charge is -2.23. The number of anilines is 1. The summed E-state index contributed by atoms with van der Waals surface area (Å²) in [5.74, 6) is -5.41. The number of carbonyl (C=O) groups is 2. The van der Waals surface area contributed by atoms with Gasteiger partial charge in [0.05, 0.1) is 11.3 Å². The molecule has 2 aromatic rings. The number of hydrogen-bond donors (Lipinski definition) is 1. The number of aryl methyl sites for hydroxylation is 1. The molecule has 2 fully saturated rings. The Morgan fingerprint density at radius 1 is 1.25 bits per heavy atom. The van der Waals surface area contributed by atoms with E-state index in [1.54, 1.807) is 43.1 Å². The van der Waals surface area contributed by atoms with E-state index >= 15 is 0 Å². The van der Waals surface area contributed by atoms with Crippen LogP contribution in [0.25, 0.3) is 11.3 Å². The summed E-state index contributed by atoms with van der Waals surface area (Å²) in [6.07, 6.45) is 3.84. The summed E-state index contributed by atoms with van der Waals surface area (Å²) in [6.45, 7) is 3.15. The molecule has 2 amide bonds. The molecule has 0 saturated heterocycles. The normalized spacial score (nSPS) is 21.9. The molecule has 2 aliphatic rings. The fraction of sp³-hybridized carbons (Fsp3) is 0.522. The quantitative estimate of drug-likeness (QED) is 0.674. The molecule has 2 unspecified atom stereocenters. The second kappa shape index (κ2) is 8.52. The minimum absolute atomic E-state index is 0.0215. The first kappa shape index (κ1) is 22.2. The first-order chi connectivity index (χ1) is 15.2. The number of alkyl halides is 2. The molecule has 172 valence electrons. The number of nitrogens with zero attached hydrogens (tertiary/aromatic N) is 2. The maximum atomic E-state index is 13.4. The van der Waals surface area contributed by atoms with Gasteiger partial charge in [-0.2, -0.15) is 0 Å². The van der Waals surface area contributed by atoms with Gasteiger partial charge in [-0.1, -0.05) is 24.9 Å². The van der Waals surface area contributed by atoms with Crippen molar-refractivity contribution >= 4 is 17.7 Å². The zero-order valence-corrected chi connectivity index (χ0v) is 18.4. The number of aromatic nitrogens is 1. The fourth-order valence-electron chi connectivity index (χ4n) is 4.27. The number of rotatable bonds is 6. The van der Waals surface area contributed by atoms with Crippen molar-refractivity contribution in [1.82, 2.24) is 10.1 Å². The third-order valence-corrected chi connectivity index (χ3v) is 6.59. The minimum Gasteiger partial charge on any atom is -0.444 e. The molecular weight excluding hydrogens is 420 g/mol. The van der Waals surface area contributed by atoms with Crippen molar-refractivity contribution in [1.29, 1.82) is 0 Å². The first-order valence-corrected chi connectivity index (χ1v) is 10.8. The Morgan fingerprint density at radius 2 is 1.88 bits per heavy atom. The van der Waals surface area contributed by atoms with Crippen molar-refractivity contribution in [2.75, 3.05) is 12.4 Å². The van der Waals surface area contributed by atoms with Gasteiger partial charge in [0, 0.05) is 30.3 Å². The summed E-state index contributed by atoms with van der Waals surface area (Å²) < 4.78 is 37.8. The summed E-state index contributed by atoms with van der Waals surface area (Å²) in [5, 5.41) is 6.51. The van der Waals surface area contributed by atoms with Crippen molar-refractivity contribution in [2.24, 2.45) is 11.8 Å². The van der Waals surface area contributed by atoms with Gasteiger partial charge in [-0.25, -0.2) is 13.6 Å². The van der Waals surface area contributed by atoms with E-state index < -0.39 is 23.7 Å². The molecule has 1 heterocycles. The zero-order valence-electron chi connectivity index (χ0n) is 18.4. The lowest BCUT2D eigenvalue weighted by Crippen LogP contribution is -2.35. The lowest BCUT2D eigenvalue weighted by atomic mass is 10.1. The summed E-state index contributed by atoms with van der Waals surface area (Å²) in [7, 11) is 1.75. The molecule has 9 heteroatoms. The van der Waals surface area contributed by atoms with Gasteiger partial charge < -0.3 is 19.5 Å². The Kier molecular flexibility index (Phi) is 5.92. The van der Waals surface area contributed by atoms with Crippen LogP contribution in [0.3, 0.4) is 0 Å². The molecule has 7 nitrogen and oxygen atoms in total. The molecule has 2 atom stereocenters. The van der Waals surface area contributed by atoms with Crippen molar-refractivity contribution in [3.8, 4) is 11.3 Å². The van der Waals surface area contributed by atoms with E-state index in [-0.39, 0.29) is 18.7 Å². The predicted octanol–water partition coefficient (Wildman–Crippen LogP) is 5.00. The maximum absolute atomic E-state index is 13.4. The van der Waals surface area contributed by atoms with E-state index in [2.05, 4.69) is 10.5 Å². The number of carbonyl (C=O) groups excluding carboxylic acids is 2. The van der Waals surface area contributed by atoms with Crippen molar-refractivity contribution in [3.05, 3.63) is 35.5 Å². The monoisotopic (exact) mass is 447 g/mol. The van der Waals surface area contributed by atoms with Gasteiger partial charge in [-0.05, 0) is 44.0 Å². The van der Waals surface area contributed by atoms with Crippen LogP contribution < -0.4 is 5.32 Å². The number of ether oxygens (including phenoxy) is 1. The maximum Gasteiger partial charge on any atom is 0.410 e. The van der Waals surface area contributed by atoms with Gasteiger partial charge in [0.25, 0.3) is 5.92 Å². The van der Waals surface area contributed by atoms with Crippen LogP contribution in [0.4, 0.5) is 19.3 Å². The standard InChI is InChI=1S/C23H27F2N3O4/c1-13-19(23(13,24)25)21(29)26-16-10-8-15(9-11-16)20-18(14(2)27-32-20)12-31-22(30)28(3)17-6-4-5-7-17/h8-11,13,17,19H,4-7,12H2,1-3H3,(H,26,29). The Hall–Kier alpha value is -2.97. The van der Waals surface area contributed by atoms with E-state index in [4.69, 9.17) is 9.26 Å². The summed E-state index contributed by atoms with van der Waals surface area (Å²) >= 11 is 0. The van der Waals surface area contributed by atoms with Crippen LogP contribution in [0.2, 0.25) is 0 Å². The number of amides is 2. The van der Waals surface area contributed by atoms with Gasteiger partial charge in [0.2, 0.25) is 5.91 Å². The Bertz CT molecular complexity index is 999. The molecule has 1 aromatic heterocycles. The molecule has 1 N–H and O–H groups in total.